The van der Waals surface area contributed by atoms with E-state index in [2.05, 4.69) is 42.7 Å². The van der Waals surface area contributed by atoms with E-state index in [9.17, 15) is 14.7 Å². The zero-order valence-corrected chi connectivity index (χ0v) is 19.8. The zero-order chi connectivity index (χ0) is 24.4. The lowest BCUT2D eigenvalue weighted by atomic mass is 9.86. The maximum Gasteiger partial charge on any atom is 0.408 e. The van der Waals surface area contributed by atoms with Crippen LogP contribution in [0.25, 0.3) is 11.1 Å². The van der Waals surface area contributed by atoms with Crippen LogP contribution in [0.3, 0.4) is 0 Å². The Morgan fingerprint density at radius 2 is 1.38 bits per heavy atom. The zero-order valence-electron chi connectivity index (χ0n) is 19.8. The molecule has 3 rings (SSSR count). The summed E-state index contributed by atoms with van der Waals surface area (Å²) in [5, 5.41) is 12.9. The standard InChI is InChI=1S/C29H35NO4/c1-3-5-7-13-19-29(27(31)32,20-14-8-6-4-2)30-28(33)34-21-26-24-17-11-9-15-22(24)23-16-10-12-18-25(23)26/h3-4,9-12,15-18,26H,1-2,5-8,13-14,19-21H2,(H,30,33)(H,31,32). The molecule has 34 heavy (non-hydrogen) atoms. The Kier molecular flexibility index (Phi) is 9.08. The molecule has 0 aliphatic heterocycles. The minimum atomic E-state index is -1.34. The van der Waals surface area contributed by atoms with Crippen LogP contribution in [0.5, 0.6) is 0 Å². The van der Waals surface area contributed by atoms with Crippen LogP contribution in [0.2, 0.25) is 0 Å². The van der Waals surface area contributed by atoms with Gasteiger partial charge in [0, 0.05) is 5.92 Å². The highest BCUT2D eigenvalue weighted by atomic mass is 16.5. The quantitative estimate of drug-likeness (QED) is 0.238. The van der Waals surface area contributed by atoms with Crippen molar-refractivity contribution in [3.05, 3.63) is 85.0 Å². The summed E-state index contributed by atoms with van der Waals surface area (Å²) in [5.74, 6) is -1.09. The summed E-state index contributed by atoms with van der Waals surface area (Å²) in [5.41, 5.74) is 3.20. The molecule has 0 spiro atoms. The number of carbonyl (C=O) groups is 2. The van der Waals surface area contributed by atoms with E-state index < -0.39 is 17.6 Å². The lowest BCUT2D eigenvalue weighted by molar-refractivity contribution is -0.145. The molecule has 2 aromatic rings. The Hall–Kier alpha value is -3.34. The number of amides is 1. The molecule has 1 aliphatic carbocycles. The van der Waals surface area contributed by atoms with Gasteiger partial charge in [0.25, 0.3) is 0 Å². The van der Waals surface area contributed by atoms with Crippen molar-refractivity contribution in [1.82, 2.24) is 5.32 Å². The van der Waals surface area contributed by atoms with Gasteiger partial charge in [-0.1, -0.05) is 73.5 Å². The van der Waals surface area contributed by atoms with E-state index in [-0.39, 0.29) is 12.5 Å². The van der Waals surface area contributed by atoms with Crippen LogP contribution < -0.4 is 5.32 Å². The maximum atomic E-state index is 12.9. The van der Waals surface area contributed by atoms with Crippen molar-refractivity contribution in [3.8, 4) is 11.1 Å². The molecule has 0 heterocycles. The monoisotopic (exact) mass is 461 g/mol. The number of carbonyl (C=O) groups excluding carboxylic acids is 1. The lowest BCUT2D eigenvalue weighted by Gasteiger charge is -2.30. The van der Waals surface area contributed by atoms with Gasteiger partial charge in [-0.15, -0.1) is 13.2 Å². The Labute approximate surface area is 202 Å². The van der Waals surface area contributed by atoms with Crippen LogP contribution in [0.15, 0.2) is 73.8 Å². The van der Waals surface area contributed by atoms with Crippen molar-refractivity contribution in [2.75, 3.05) is 6.61 Å². The molecule has 180 valence electrons. The van der Waals surface area contributed by atoms with Gasteiger partial charge in [0.15, 0.2) is 0 Å². The highest BCUT2D eigenvalue weighted by molar-refractivity contribution is 5.84. The minimum absolute atomic E-state index is 0.0717. The Balaban J connectivity index is 1.70. The third kappa shape index (κ3) is 5.96. The van der Waals surface area contributed by atoms with Crippen molar-refractivity contribution in [1.29, 1.82) is 0 Å². The van der Waals surface area contributed by atoms with Gasteiger partial charge in [-0.05, 0) is 60.8 Å². The molecule has 5 nitrogen and oxygen atoms in total. The summed E-state index contributed by atoms with van der Waals surface area (Å²) in [6, 6.07) is 16.3. The predicted molar refractivity (Wildman–Crippen MR) is 136 cm³/mol. The highest BCUT2D eigenvalue weighted by Gasteiger charge is 2.40. The largest absolute Gasteiger partial charge is 0.480 e. The SMILES string of the molecule is C=CCCCCC(CCCCC=C)(NC(=O)OCC1c2ccccc2-c2ccccc21)C(=O)O. The van der Waals surface area contributed by atoms with Gasteiger partial charge in [-0.25, -0.2) is 9.59 Å². The number of fused-ring (bicyclic) bond motifs is 3. The summed E-state index contributed by atoms with van der Waals surface area (Å²) in [4.78, 5) is 25.3. The number of nitrogens with one attached hydrogen (secondary N) is 1. The van der Waals surface area contributed by atoms with Gasteiger partial charge in [-0.2, -0.15) is 0 Å². The molecule has 0 bridgehead atoms. The van der Waals surface area contributed by atoms with E-state index in [1.54, 1.807) is 0 Å². The van der Waals surface area contributed by atoms with E-state index in [4.69, 9.17) is 4.74 Å². The fraction of sp³-hybridized carbons (Fsp3) is 0.379. The van der Waals surface area contributed by atoms with Gasteiger partial charge in [0.2, 0.25) is 0 Å². The molecule has 2 N–H and O–H groups in total. The highest BCUT2D eigenvalue weighted by Crippen LogP contribution is 2.44. The normalized spacial score (nSPS) is 12.5. The number of rotatable bonds is 14. The Morgan fingerprint density at radius 1 is 0.882 bits per heavy atom. The Bertz CT molecular complexity index is 951. The second kappa shape index (κ2) is 12.2. The second-order valence-corrected chi connectivity index (χ2v) is 8.91. The molecular weight excluding hydrogens is 426 g/mol. The number of hydrogen-bond acceptors (Lipinski definition) is 3. The second-order valence-electron chi connectivity index (χ2n) is 8.91. The molecule has 0 unspecified atom stereocenters. The average molecular weight is 462 g/mol. The number of allylic oxidation sites excluding steroid dienone is 2. The summed E-state index contributed by atoms with van der Waals surface area (Å²) in [7, 11) is 0. The van der Waals surface area contributed by atoms with Crippen molar-refractivity contribution >= 4 is 12.1 Å². The molecule has 0 saturated carbocycles. The van der Waals surface area contributed by atoms with E-state index in [0.29, 0.717) is 25.7 Å². The van der Waals surface area contributed by atoms with Gasteiger partial charge in [-0.3, -0.25) is 0 Å². The summed E-state index contributed by atoms with van der Waals surface area (Å²) >= 11 is 0. The third-order valence-corrected chi connectivity index (χ3v) is 6.62. The number of benzene rings is 2. The van der Waals surface area contributed by atoms with Crippen LogP contribution in [-0.2, 0) is 9.53 Å². The number of carboxylic acids is 1. The van der Waals surface area contributed by atoms with E-state index in [0.717, 1.165) is 47.9 Å². The van der Waals surface area contributed by atoms with Crippen LogP contribution in [-0.4, -0.2) is 29.3 Å². The lowest BCUT2D eigenvalue weighted by Crippen LogP contribution is -2.54. The van der Waals surface area contributed by atoms with Crippen molar-refractivity contribution in [3.63, 3.8) is 0 Å². The molecule has 1 amide bonds. The number of carboxylic acid groups (broad SMARTS) is 1. The minimum Gasteiger partial charge on any atom is -0.480 e. The smallest absolute Gasteiger partial charge is 0.408 e. The summed E-state index contributed by atoms with van der Waals surface area (Å²) in [6.07, 6.45) is 8.34. The van der Waals surface area contributed by atoms with Crippen LogP contribution in [0.4, 0.5) is 4.79 Å². The van der Waals surface area contributed by atoms with Crippen molar-refractivity contribution < 1.29 is 19.4 Å². The maximum absolute atomic E-state index is 12.9. The van der Waals surface area contributed by atoms with Crippen molar-refractivity contribution in [2.24, 2.45) is 0 Å². The van der Waals surface area contributed by atoms with E-state index in [1.807, 2.05) is 36.4 Å². The predicted octanol–water partition coefficient (Wildman–Crippen LogP) is 6.84. The number of ether oxygens (including phenoxy) is 1. The first-order valence-corrected chi connectivity index (χ1v) is 12.1. The summed E-state index contributed by atoms with van der Waals surface area (Å²) < 4.78 is 5.65. The topological polar surface area (TPSA) is 75.6 Å². The van der Waals surface area contributed by atoms with Gasteiger partial charge in [0.1, 0.15) is 12.1 Å². The third-order valence-electron chi connectivity index (χ3n) is 6.62. The summed E-state index contributed by atoms with van der Waals surface area (Å²) in [6.45, 7) is 7.61. The molecule has 5 heteroatoms. The molecule has 0 saturated heterocycles. The first-order chi connectivity index (χ1) is 16.5. The average Bonchev–Trinajstić information content (AvgIpc) is 3.16. The first kappa shape index (κ1) is 25.3. The van der Waals surface area contributed by atoms with Gasteiger partial charge < -0.3 is 15.2 Å². The molecule has 0 aromatic heterocycles. The molecular formula is C29H35NO4. The molecule has 0 atom stereocenters. The van der Waals surface area contributed by atoms with E-state index in [1.165, 1.54) is 0 Å². The van der Waals surface area contributed by atoms with Gasteiger partial charge >= 0.3 is 12.1 Å². The fourth-order valence-electron chi connectivity index (χ4n) is 4.78. The Morgan fingerprint density at radius 3 is 1.85 bits per heavy atom. The molecule has 2 aromatic carbocycles. The van der Waals surface area contributed by atoms with Crippen molar-refractivity contribution in [2.45, 2.75) is 62.8 Å². The number of hydrogen-bond donors (Lipinski definition) is 2. The van der Waals surface area contributed by atoms with Crippen LogP contribution >= 0.6 is 0 Å². The van der Waals surface area contributed by atoms with Gasteiger partial charge in [0.05, 0.1) is 0 Å². The molecule has 0 fully saturated rings. The molecule has 0 radical (unpaired) electrons. The number of unbranched alkanes of at least 4 members (excludes halogenated alkanes) is 4. The molecule has 1 aliphatic rings. The fourth-order valence-corrected chi connectivity index (χ4v) is 4.78. The van der Waals surface area contributed by atoms with E-state index >= 15 is 0 Å². The number of alkyl carbamates (subject to hydrolysis) is 1. The van der Waals surface area contributed by atoms with Crippen LogP contribution in [0, 0.1) is 0 Å². The number of aliphatic carboxylic acids is 1. The van der Waals surface area contributed by atoms with Crippen LogP contribution in [0.1, 0.15) is 68.4 Å². The first-order valence-electron chi connectivity index (χ1n) is 12.1.